The molecule has 6 aliphatic heterocycles. The van der Waals surface area contributed by atoms with E-state index in [1.807, 2.05) is 0 Å². The van der Waals surface area contributed by atoms with E-state index in [9.17, 15) is 5.11 Å². The monoisotopic (exact) mass is 1570 g/mol. The molecule has 0 aliphatic carbocycles. The molecule has 106 heavy (non-hydrogen) atoms. The lowest BCUT2D eigenvalue weighted by molar-refractivity contribution is -0.0749. The molecule has 8 rings (SSSR count). The Morgan fingerprint density at radius 1 is 0.500 bits per heavy atom. The van der Waals surface area contributed by atoms with Crippen LogP contribution < -0.4 is 0 Å². The van der Waals surface area contributed by atoms with Gasteiger partial charge in [0.2, 0.25) is 0 Å². The van der Waals surface area contributed by atoms with Crippen LogP contribution in [0.25, 0.3) is 0 Å². The van der Waals surface area contributed by atoms with Crippen LogP contribution in [0.15, 0.2) is 109 Å². The van der Waals surface area contributed by atoms with Crippen molar-refractivity contribution in [3.63, 3.8) is 0 Å². The van der Waals surface area contributed by atoms with Gasteiger partial charge < -0.3 is 46.8 Å². The second-order valence-corrected chi connectivity index (χ2v) is 50.3. The maximum absolute atomic E-state index is 9.22. The van der Waals surface area contributed by atoms with Gasteiger partial charge in [0, 0.05) is 39.3 Å². The van der Waals surface area contributed by atoms with E-state index in [4.69, 9.17) is 58.5 Å². The summed E-state index contributed by atoms with van der Waals surface area (Å²) in [6, 6.07) is 25.5. The van der Waals surface area contributed by atoms with Gasteiger partial charge >= 0.3 is 23.1 Å². The average molecular weight is 1570 g/mol. The Bertz CT molecular complexity index is 2960. The molecule has 0 saturated carbocycles. The Labute approximate surface area is 656 Å². The highest BCUT2D eigenvalue weighted by molar-refractivity contribution is 7.52. The molecule has 20 atom stereocenters. The molecule has 0 spiro atoms. The maximum atomic E-state index is 9.22. The number of aliphatic hydroxyl groups excluding tert-OH is 1. The third-order valence-corrected chi connectivity index (χ3v) is 39.6. The molecule has 0 bridgehead atoms. The summed E-state index contributed by atoms with van der Waals surface area (Å²) in [4.78, 5) is 0. The van der Waals surface area contributed by atoms with Crippen LogP contribution in [-0.2, 0) is 77.7 Å². The van der Waals surface area contributed by atoms with Gasteiger partial charge in [0.1, 0.15) is 0 Å². The number of benzene rings is 2. The molecule has 6 aliphatic rings. The number of aliphatic hydroxyl groups is 1. The normalized spacial score (nSPS) is 29.9. The van der Waals surface area contributed by atoms with E-state index in [1.54, 1.807) is 0 Å². The summed E-state index contributed by atoms with van der Waals surface area (Å²) in [5.74, 6) is 3.52. The third kappa shape index (κ3) is 29.4. The highest BCUT2D eigenvalue weighted by Crippen LogP contribution is 2.47. The molecule has 6 heterocycles. The zero-order valence-corrected chi connectivity index (χ0v) is 73.5. The van der Waals surface area contributed by atoms with Crippen LogP contribution in [0.4, 0.5) is 0 Å². The van der Waals surface area contributed by atoms with Crippen molar-refractivity contribution in [2.45, 2.75) is 355 Å². The van der Waals surface area contributed by atoms with Gasteiger partial charge in [-0.1, -0.05) is 198 Å². The van der Waals surface area contributed by atoms with Crippen LogP contribution in [0.2, 0.25) is 54.4 Å². The third-order valence-electron chi connectivity index (χ3n) is 25.9. The van der Waals surface area contributed by atoms with Gasteiger partial charge in [-0.05, 0) is 238 Å². The maximum Gasteiger partial charge on any atom is 0.335 e. The highest BCUT2D eigenvalue weighted by Gasteiger charge is 2.48. The van der Waals surface area contributed by atoms with Crippen LogP contribution >= 0.6 is 0 Å². The second kappa shape index (κ2) is 45.9. The first-order valence-corrected chi connectivity index (χ1v) is 50.3. The molecular formula is C87H150O14S2Si3. The van der Waals surface area contributed by atoms with Crippen molar-refractivity contribution in [2.24, 2.45) is 47.3 Å². The van der Waals surface area contributed by atoms with Crippen molar-refractivity contribution in [2.75, 3.05) is 26.4 Å². The first kappa shape index (κ1) is 95.7. The van der Waals surface area contributed by atoms with Crippen molar-refractivity contribution in [3.8, 4) is 0 Å². The minimum atomic E-state index is -1.79. The number of hydrogen-bond acceptors (Lipinski definition) is 14. The van der Waals surface area contributed by atoms with E-state index in [-0.39, 0.29) is 97.4 Å². The van der Waals surface area contributed by atoms with E-state index in [2.05, 4.69) is 217 Å². The molecule has 2 aromatic rings. The van der Waals surface area contributed by atoms with Gasteiger partial charge in [0.25, 0.3) is 0 Å². The predicted octanol–water partition coefficient (Wildman–Crippen LogP) is 20.9. The van der Waals surface area contributed by atoms with Crippen molar-refractivity contribution in [1.82, 2.24) is 0 Å². The Hall–Kier alpha value is -2.71. The summed E-state index contributed by atoms with van der Waals surface area (Å²) >= 11 is -1.50. The summed E-state index contributed by atoms with van der Waals surface area (Å²) in [6.45, 7) is 65.0. The standard InChI is InChI=1S/C46H80O5Si2.C40H66O5Si.CH4.2O2S/c1-14-53(15-2,16-3)47-26-20-23-39-29-35(6)42(49-39)25-24-40-28-34(5)36(7)44(50-40)31-45-41(30-38-21-18-17-19-22-38)37(8)43(51-45)27-33(4)32-48-52(12,13)46(9,10)11;1-27(26-42-46(9,10)40(6,7)8)21-37-31(5)35(24-32-15-12-11-13-16-32)39(45-37)25-38-30(4)28(2)22-34(44-38)18-19-36-29(3)23-33(43-36)17-14-20-41;;2*1-3-2/h17-19,21-22,33-34,37,39-45H,6-7,14-16,20,23-32H2,1-5,8-13H3;11-13,15-16,27-28,31,33-39,41H,3-4,14,17-26H2,1-2,5-10H3;1H4;;/t33-,34+,37+,39-,40-,41+,42?,43+,44+,45?;27-,28+,31+,33-,34-,35+,36?,37+,38+,39?;;;/m00.../s1. The summed E-state index contributed by atoms with van der Waals surface area (Å²) < 4.78 is 93.8. The van der Waals surface area contributed by atoms with E-state index in [0.29, 0.717) is 47.3 Å². The fourth-order valence-corrected chi connectivity index (χ4v) is 21.4. The topological polar surface area (TPSA) is 172 Å². The van der Waals surface area contributed by atoms with Crippen LogP contribution in [0, 0.1) is 47.3 Å². The van der Waals surface area contributed by atoms with Gasteiger partial charge in [-0.15, -0.1) is 0 Å². The van der Waals surface area contributed by atoms with Crippen LogP contribution in [0.1, 0.15) is 225 Å². The molecular weight excluding hydrogens is 1420 g/mol. The van der Waals surface area contributed by atoms with Crippen molar-refractivity contribution in [1.29, 1.82) is 0 Å². The summed E-state index contributed by atoms with van der Waals surface area (Å²) in [7, 11) is -5.10. The van der Waals surface area contributed by atoms with Gasteiger partial charge in [0.05, 0.1) is 73.2 Å². The molecule has 14 nitrogen and oxygen atoms in total. The van der Waals surface area contributed by atoms with E-state index in [0.717, 1.165) is 135 Å². The first-order valence-electron chi connectivity index (χ1n) is 40.6. The number of ether oxygens (including phenoxy) is 6. The van der Waals surface area contributed by atoms with Crippen LogP contribution in [0.3, 0.4) is 0 Å². The first-order chi connectivity index (χ1) is 49.5. The van der Waals surface area contributed by atoms with Gasteiger partial charge in [-0.3, -0.25) is 0 Å². The van der Waals surface area contributed by atoms with Crippen molar-refractivity contribution in [3.05, 3.63) is 120 Å². The molecule has 4 unspecified atom stereocenters. The average Bonchev–Trinajstić information content (AvgIpc) is 1.64. The van der Waals surface area contributed by atoms with Crippen molar-refractivity contribution < 1.29 is 63.6 Å². The fourth-order valence-electron chi connectivity index (χ4n) is 16.4. The molecule has 0 aromatic heterocycles. The molecule has 1 N–H and O–H groups in total. The molecule has 0 amide bonds. The molecule has 0 radical (unpaired) electrons. The second-order valence-electron chi connectivity index (χ2n) is 35.7. The fraction of sp³-hybridized carbons (Fsp3) is 0.770. The summed E-state index contributed by atoms with van der Waals surface area (Å²) in [6.07, 6.45) is 19.3. The Morgan fingerprint density at radius 3 is 1.19 bits per heavy atom. The lowest BCUT2D eigenvalue weighted by Gasteiger charge is -2.38. The molecule has 6 fully saturated rings. The minimum absolute atomic E-state index is 0. The zero-order chi connectivity index (χ0) is 78.0. The largest absolute Gasteiger partial charge is 0.417 e. The lowest BCUT2D eigenvalue weighted by atomic mass is 9.78. The van der Waals surface area contributed by atoms with Crippen LogP contribution in [0.5, 0.6) is 0 Å². The molecule has 606 valence electrons. The van der Waals surface area contributed by atoms with E-state index in [1.165, 1.54) is 51.6 Å². The minimum Gasteiger partial charge on any atom is -0.417 e. The highest BCUT2D eigenvalue weighted by atomic mass is 32.1. The Balaban J connectivity index is 0.000000417. The van der Waals surface area contributed by atoms with E-state index >= 15 is 0 Å². The Morgan fingerprint density at radius 2 is 0.849 bits per heavy atom. The SMILES string of the molecule is C.C=C1C[C@H](CCCO)OC1CC[C@H]1C[C@@H](C)C(=C)[C@@H](CC2O[C@H](C[C@H](C)CO[Si](C)(C)C(C)(C)C)[C@H](C)[C@H]2Cc2ccccc2)O1.C=C1C[C@H](CCCO[Si](CC)(CC)CC)OC1CC[C@H]1C[C@@H](C)C(=C)[C@@H](CC2O[C@H](C[C@H](C)CO[Si](C)(C)C(C)(C)C)[C@H](C)[C@H]2Cc2ccccc2)O1.O=S=O.O=S=O. The molecule has 19 heteroatoms. The lowest BCUT2D eigenvalue weighted by Crippen LogP contribution is -2.42. The van der Waals surface area contributed by atoms with E-state index < -0.39 is 48.1 Å². The smallest absolute Gasteiger partial charge is 0.335 e. The quantitative estimate of drug-likeness (QED) is 0.0392. The Kier molecular flexibility index (Phi) is 41.4. The van der Waals surface area contributed by atoms with Gasteiger partial charge in [-0.25, -0.2) is 0 Å². The van der Waals surface area contributed by atoms with Gasteiger partial charge in [0.15, 0.2) is 25.0 Å². The summed E-state index contributed by atoms with van der Waals surface area (Å²) in [5, 5.41) is 9.65. The van der Waals surface area contributed by atoms with Gasteiger partial charge in [-0.2, -0.15) is 16.8 Å². The number of rotatable bonds is 35. The summed E-state index contributed by atoms with van der Waals surface area (Å²) in [5.41, 5.74) is 7.68. The number of hydrogen-bond donors (Lipinski definition) is 1. The zero-order valence-electron chi connectivity index (χ0n) is 68.9. The predicted molar refractivity (Wildman–Crippen MR) is 446 cm³/mol. The molecule has 6 saturated heterocycles. The van der Waals surface area contributed by atoms with Crippen molar-refractivity contribution >= 4 is 48.1 Å². The van der Waals surface area contributed by atoms with Crippen LogP contribution in [-0.4, -0.2) is 147 Å². The molecule has 2 aromatic carbocycles.